The molecule has 0 aliphatic carbocycles. The van der Waals surface area contributed by atoms with Gasteiger partial charge < -0.3 is 24.6 Å². The fourth-order valence-corrected chi connectivity index (χ4v) is 4.18. The van der Waals surface area contributed by atoms with Gasteiger partial charge >= 0.3 is 0 Å². The second kappa shape index (κ2) is 7.97. The molecule has 6 heteroatoms. The Morgan fingerprint density at radius 3 is 2.50 bits per heavy atom. The molecule has 1 aromatic heterocycles. The molecule has 5 rings (SSSR count). The molecular formula is C24H26N4O2. The van der Waals surface area contributed by atoms with Crippen molar-refractivity contribution in [2.75, 3.05) is 20.1 Å². The number of piperidine rings is 1. The van der Waals surface area contributed by atoms with Crippen molar-refractivity contribution in [3.8, 4) is 22.6 Å². The molecule has 0 radical (unpaired) electrons. The van der Waals surface area contributed by atoms with E-state index in [0.717, 1.165) is 59.9 Å². The zero-order chi connectivity index (χ0) is 20.5. The van der Waals surface area contributed by atoms with Crippen molar-refractivity contribution < 1.29 is 9.84 Å². The van der Waals surface area contributed by atoms with Gasteiger partial charge in [-0.25, -0.2) is 4.99 Å². The molecule has 2 aromatic carbocycles. The van der Waals surface area contributed by atoms with E-state index in [1.165, 1.54) is 0 Å². The first-order valence-corrected chi connectivity index (χ1v) is 10.4. The quantitative estimate of drug-likeness (QED) is 0.695. The van der Waals surface area contributed by atoms with Crippen LogP contribution in [0.2, 0.25) is 0 Å². The van der Waals surface area contributed by atoms with E-state index in [1.54, 1.807) is 6.34 Å². The van der Waals surface area contributed by atoms with Crippen LogP contribution in [0.15, 0.2) is 65.8 Å². The third kappa shape index (κ3) is 3.60. The Hall–Kier alpha value is -3.09. The van der Waals surface area contributed by atoms with Crippen LogP contribution in [0.25, 0.3) is 16.8 Å². The van der Waals surface area contributed by atoms with E-state index >= 15 is 0 Å². The van der Waals surface area contributed by atoms with Crippen molar-refractivity contribution >= 4 is 12.0 Å². The van der Waals surface area contributed by atoms with Crippen LogP contribution in [0.3, 0.4) is 0 Å². The van der Waals surface area contributed by atoms with Crippen LogP contribution in [0.5, 0.6) is 5.75 Å². The Morgan fingerprint density at radius 1 is 1.03 bits per heavy atom. The van der Waals surface area contributed by atoms with Gasteiger partial charge in [0, 0.05) is 30.5 Å². The first-order chi connectivity index (χ1) is 14.7. The van der Waals surface area contributed by atoms with Crippen molar-refractivity contribution in [2.24, 2.45) is 4.99 Å². The molecule has 3 aromatic rings. The highest BCUT2D eigenvalue weighted by Gasteiger charge is 2.25. The van der Waals surface area contributed by atoms with Crippen LogP contribution < -0.4 is 10.1 Å². The minimum absolute atomic E-state index is 0.282. The predicted octanol–water partition coefficient (Wildman–Crippen LogP) is 3.87. The van der Waals surface area contributed by atoms with E-state index in [-0.39, 0.29) is 6.10 Å². The van der Waals surface area contributed by atoms with E-state index in [4.69, 9.17) is 4.74 Å². The summed E-state index contributed by atoms with van der Waals surface area (Å²) in [5.74, 6) is 0.898. The first kappa shape index (κ1) is 18.9. The van der Waals surface area contributed by atoms with Crippen molar-refractivity contribution in [1.29, 1.82) is 0 Å². The first-order valence-electron chi connectivity index (χ1n) is 10.4. The number of hydrogen-bond donors (Lipinski definition) is 2. The van der Waals surface area contributed by atoms with E-state index in [0.29, 0.717) is 0 Å². The summed E-state index contributed by atoms with van der Waals surface area (Å²) in [6.45, 7) is 2.16. The molecule has 1 fully saturated rings. The predicted molar refractivity (Wildman–Crippen MR) is 119 cm³/mol. The highest BCUT2D eigenvalue weighted by molar-refractivity contribution is 5.83. The van der Waals surface area contributed by atoms with Gasteiger partial charge in [-0.1, -0.05) is 30.3 Å². The van der Waals surface area contributed by atoms with E-state index in [9.17, 15) is 5.11 Å². The molecule has 2 aliphatic heterocycles. The molecule has 1 atom stereocenters. The third-order valence-electron chi connectivity index (χ3n) is 5.87. The Morgan fingerprint density at radius 2 is 1.77 bits per heavy atom. The smallest absolute Gasteiger partial charge is 0.169 e. The summed E-state index contributed by atoms with van der Waals surface area (Å²) in [4.78, 5) is 6.88. The van der Waals surface area contributed by atoms with Crippen molar-refractivity contribution in [2.45, 2.75) is 25.2 Å². The Bertz CT molecular complexity index is 1040. The summed E-state index contributed by atoms with van der Waals surface area (Å²) in [5, 5.41) is 13.5. The Kier molecular flexibility index (Phi) is 5.02. The fourth-order valence-electron chi connectivity index (χ4n) is 4.18. The van der Waals surface area contributed by atoms with Crippen LogP contribution in [-0.2, 0) is 0 Å². The number of rotatable bonds is 4. The van der Waals surface area contributed by atoms with Crippen LogP contribution >= 0.6 is 0 Å². The molecule has 0 spiro atoms. The zero-order valence-corrected chi connectivity index (χ0v) is 17.0. The maximum atomic E-state index is 10.6. The topological polar surface area (TPSA) is 62.0 Å². The highest BCUT2D eigenvalue weighted by atomic mass is 16.5. The number of ether oxygens (including phenoxy) is 1. The molecule has 6 nitrogen and oxygen atoms in total. The number of aliphatic hydroxyl groups excluding tert-OH is 1. The molecule has 0 saturated carbocycles. The molecule has 3 heterocycles. The number of aromatic nitrogens is 1. The van der Waals surface area contributed by atoms with E-state index in [2.05, 4.69) is 34.4 Å². The summed E-state index contributed by atoms with van der Waals surface area (Å²) >= 11 is 0. The van der Waals surface area contributed by atoms with Crippen LogP contribution in [0.4, 0.5) is 5.69 Å². The summed E-state index contributed by atoms with van der Waals surface area (Å²) in [5.41, 5.74) is 4.54. The number of fused-ring (bicyclic) bond motifs is 1. The summed E-state index contributed by atoms with van der Waals surface area (Å²) in [7, 11) is 2.15. The number of benzene rings is 2. The standard InChI is InChI=1S/C24H26N4O2/c1-27-13-11-20(12-14-27)30-19-9-7-17(8-10-19)21-15-28(18-5-3-2-4-6-18)23-22(21)25-16-26-24(23)29/h2-10,15-16,20,24,29H,11-14H2,1H3,(H,25,26). The van der Waals surface area contributed by atoms with Gasteiger partial charge in [0.25, 0.3) is 0 Å². The lowest BCUT2D eigenvalue weighted by Crippen LogP contribution is -2.35. The number of nitrogens with zero attached hydrogens (tertiary/aromatic N) is 3. The van der Waals surface area contributed by atoms with Gasteiger partial charge in [-0.2, -0.15) is 0 Å². The molecule has 154 valence electrons. The second-order valence-electron chi connectivity index (χ2n) is 7.95. The van der Waals surface area contributed by atoms with Gasteiger partial charge in [-0.05, 0) is 49.7 Å². The summed E-state index contributed by atoms with van der Waals surface area (Å²) in [6.07, 6.45) is 5.20. The molecule has 2 aliphatic rings. The van der Waals surface area contributed by atoms with Gasteiger partial charge in [-0.15, -0.1) is 0 Å². The number of likely N-dealkylation sites (tertiary alicyclic amines) is 1. The molecule has 0 amide bonds. The van der Waals surface area contributed by atoms with Gasteiger partial charge in [0.2, 0.25) is 0 Å². The largest absolute Gasteiger partial charge is 0.490 e. The lowest BCUT2D eigenvalue weighted by molar-refractivity contribution is 0.114. The average Bonchev–Trinajstić information content (AvgIpc) is 3.18. The van der Waals surface area contributed by atoms with Gasteiger partial charge in [0.15, 0.2) is 6.23 Å². The minimum Gasteiger partial charge on any atom is -0.490 e. The molecular weight excluding hydrogens is 376 g/mol. The van der Waals surface area contributed by atoms with E-state index < -0.39 is 6.23 Å². The summed E-state index contributed by atoms with van der Waals surface area (Å²) < 4.78 is 8.19. The average molecular weight is 402 g/mol. The Labute approximate surface area is 176 Å². The fraction of sp³-hybridized carbons (Fsp3) is 0.292. The highest BCUT2D eigenvalue weighted by Crippen LogP contribution is 2.41. The Balaban J connectivity index is 1.45. The van der Waals surface area contributed by atoms with Gasteiger partial charge in [-0.3, -0.25) is 0 Å². The monoisotopic (exact) mass is 402 g/mol. The van der Waals surface area contributed by atoms with Crippen LogP contribution in [0.1, 0.15) is 24.8 Å². The number of hydrogen-bond acceptors (Lipinski definition) is 5. The normalized spacial score (nSPS) is 19.3. The van der Waals surface area contributed by atoms with Crippen molar-refractivity contribution in [1.82, 2.24) is 14.8 Å². The van der Waals surface area contributed by atoms with Crippen molar-refractivity contribution in [3.63, 3.8) is 0 Å². The van der Waals surface area contributed by atoms with Gasteiger partial charge in [0.05, 0.1) is 17.7 Å². The second-order valence-corrected chi connectivity index (χ2v) is 7.95. The molecule has 1 unspecified atom stereocenters. The van der Waals surface area contributed by atoms with Crippen molar-refractivity contribution in [3.05, 3.63) is 66.5 Å². The lowest BCUT2D eigenvalue weighted by Gasteiger charge is -2.29. The maximum absolute atomic E-state index is 10.6. The number of aliphatic hydroxyl groups is 1. The zero-order valence-electron chi connectivity index (χ0n) is 17.0. The molecule has 1 saturated heterocycles. The number of aliphatic imine (C=N–C) groups is 1. The number of nitrogens with one attached hydrogen (secondary N) is 1. The van der Waals surface area contributed by atoms with E-state index in [1.807, 2.05) is 53.2 Å². The van der Waals surface area contributed by atoms with Crippen LogP contribution in [-0.4, -0.2) is 47.2 Å². The SMILES string of the molecule is CN1CCC(Oc2ccc(-c3cn(-c4ccccc4)c4c3N=CNC4O)cc2)CC1. The van der Waals surface area contributed by atoms with Gasteiger partial charge in [0.1, 0.15) is 11.9 Å². The molecule has 0 bridgehead atoms. The minimum atomic E-state index is -0.807. The number of para-hydroxylation sites is 1. The molecule has 30 heavy (non-hydrogen) atoms. The maximum Gasteiger partial charge on any atom is 0.169 e. The molecule has 2 N–H and O–H groups in total. The summed E-state index contributed by atoms with van der Waals surface area (Å²) in [6, 6.07) is 18.2. The lowest BCUT2D eigenvalue weighted by atomic mass is 10.1. The third-order valence-corrected chi connectivity index (χ3v) is 5.87. The van der Waals surface area contributed by atoms with Crippen LogP contribution in [0, 0.1) is 0 Å².